The molecule has 0 aliphatic heterocycles. The second kappa shape index (κ2) is 10.0. The summed E-state index contributed by atoms with van der Waals surface area (Å²) in [5, 5.41) is 0. The standard InChI is InChI=1S/C37H33N3O/c1-26-32-22-21-28(36(41)35(32)39-23-13-12-20-34(26)39)24-33-27(2)40(25-38-33)37(29-14-6-3-7-15-29,30-16-8-4-9-17-30)31-18-10-5-11-19-31/h3-20,23,25,28H,21-22,24H2,1-2H3. The Morgan fingerprint density at radius 3 is 1.93 bits per heavy atom. The summed E-state index contributed by atoms with van der Waals surface area (Å²) in [6, 6.07) is 38.2. The molecule has 0 N–H and O–H groups in total. The summed E-state index contributed by atoms with van der Waals surface area (Å²) in [7, 11) is 0. The lowest BCUT2D eigenvalue weighted by Gasteiger charge is -2.38. The van der Waals surface area contributed by atoms with Crippen molar-refractivity contribution in [1.82, 2.24) is 14.0 Å². The highest BCUT2D eigenvalue weighted by molar-refractivity contribution is 6.01. The van der Waals surface area contributed by atoms with Gasteiger partial charge in [-0.2, -0.15) is 0 Å². The Kier molecular flexibility index (Phi) is 6.19. The van der Waals surface area contributed by atoms with E-state index in [9.17, 15) is 4.79 Å². The molecule has 0 bridgehead atoms. The highest BCUT2D eigenvalue weighted by Gasteiger charge is 2.40. The Balaban J connectivity index is 1.35. The summed E-state index contributed by atoms with van der Waals surface area (Å²) in [5.74, 6) is 0.136. The number of benzene rings is 3. The van der Waals surface area contributed by atoms with Crippen LogP contribution in [-0.2, 0) is 18.4 Å². The Labute approximate surface area is 240 Å². The fourth-order valence-electron chi connectivity index (χ4n) is 7.01. The highest BCUT2D eigenvalue weighted by atomic mass is 16.1. The number of carbonyl (C=O) groups excluding carboxylic acids is 1. The first-order chi connectivity index (χ1) is 20.1. The molecule has 3 aromatic heterocycles. The first kappa shape index (κ1) is 25.3. The quantitative estimate of drug-likeness (QED) is 0.206. The molecule has 3 heterocycles. The lowest BCUT2D eigenvalue weighted by atomic mass is 9.76. The number of hydrogen-bond acceptors (Lipinski definition) is 2. The average Bonchev–Trinajstić information content (AvgIpc) is 3.54. The summed E-state index contributed by atoms with van der Waals surface area (Å²) in [6.07, 6.45) is 6.39. The van der Waals surface area contributed by atoms with E-state index in [1.807, 2.05) is 24.7 Å². The molecule has 3 aromatic carbocycles. The summed E-state index contributed by atoms with van der Waals surface area (Å²) in [6.45, 7) is 4.30. The molecule has 41 heavy (non-hydrogen) atoms. The second-order valence-electron chi connectivity index (χ2n) is 11.2. The summed E-state index contributed by atoms with van der Waals surface area (Å²) in [5.41, 5.74) is 9.37. The monoisotopic (exact) mass is 535 g/mol. The number of rotatable bonds is 6. The maximum atomic E-state index is 14.0. The van der Waals surface area contributed by atoms with E-state index in [1.54, 1.807) is 0 Å². The smallest absolute Gasteiger partial charge is 0.183 e. The first-order valence-electron chi connectivity index (χ1n) is 14.4. The van der Waals surface area contributed by atoms with Crippen molar-refractivity contribution in [2.75, 3.05) is 0 Å². The maximum Gasteiger partial charge on any atom is 0.183 e. The molecule has 4 heteroatoms. The average molecular weight is 536 g/mol. The Morgan fingerprint density at radius 1 is 0.780 bits per heavy atom. The third kappa shape index (κ3) is 3.89. The van der Waals surface area contributed by atoms with Gasteiger partial charge in [0.05, 0.1) is 17.7 Å². The van der Waals surface area contributed by atoms with Crippen LogP contribution in [0.4, 0.5) is 0 Å². The van der Waals surface area contributed by atoms with Crippen LogP contribution >= 0.6 is 0 Å². The molecule has 1 atom stereocenters. The van der Waals surface area contributed by atoms with Crippen molar-refractivity contribution in [3.63, 3.8) is 0 Å². The number of aromatic nitrogens is 3. The minimum absolute atomic E-state index is 0.0955. The van der Waals surface area contributed by atoms with Gasteiger partial charge in [0.1, 0.15) is 5.54 Å². The van der Waals surface area contributed by atoms with Crippen LogP contribution < -0.4 is 0 Å². The van der Waals surface area contributed by atoms with Crippen LogP contribution in [-0.4, -0.2) is 19.7 Å². The van der Waals surface area contributed by atoms with Gasteiger partial charge < -0.3 is 8.97 Å². The first-order valence-corrected chi connectivity index (χ1v) is 14.4. The molecule has 0 spiro atoms. The number of aryl methyl sites for hydroxylation is 1. The van der Waals surface area contributed by atoms with Crippen molar-refractivity contribution in [1.29, 1.82) is 0 Å². The number of nitrogens with zero attached hydrogens (tertiary/aromatic N) is 3. The Morgan fingerprint density at radius 2 is 1.34 bits per heavy atom. The minimum atomic E-state index is -0.613. The molecule has 4 nitrogen and oxygen atoms in total. The highest BCUT2D eigenvalue weighted by Crippen LogP contribution is 2.42. The van der Waals surface area contributed by atoms with Crippen molar-refractivity contribution >= 4 is 11.3 Å². The van der Waals surface area contributed by atoms with Gasteiger partial charge in [-0.25, -0.2) is 4.98 Å². The van der Waals surface area contributed by atoms with E-state index in [1.165, 1.54) is 11.1 Å². The Hall–Kier alpha value is -4.70. The van der Waals surface area contributed by atoms with Crippen molar-refractivity contribution in [3.05, 3.63) is 167 Å². The van der Waals surface area contributed by atoms with Gasteiger partial charge >= 0.3 is 0 Å². The van der Waals surface area contributed by atoms with Crippen LogP contribution in [0.2, 0.25) is 0 Å². The Bertz CT molecular complexity index is 1750. The third-order valence-electron chi connectivity index (χ3n) is 9.05. The van der Waals surface area contributed by atoms with Gasteiger partial charge in [0.15, 0.2) is 5.78 Å². The number of carbonyl (C=O) groups is 1. The van der Waals surface area contributed by atoms with Crippen LogP contribution in [0.3, 0.4) is 0 Å². The van der Waals surface area contributed by atoms with Gasteiger partial charge in [0.25, 0.3) is 0 Å². The summed E-state index contributed by atoms with van der Waals surface area (Å²) < 4.78 is 4.41. The van der Waals surface area contributed by atoms with E-state index in [4.69, 9.17) is 4.98 Å². The van der Waals surface area contributed by atoms with Gasteiger partial charge in [-0.3, -0.25) is 4.79 Å². The second-order valence-corrected chi connectivity index (χ2v) is 11.2. The number of pyridine rings is 1. The zero-order chi connectivity index (χ0) is 28.0. The molecule has 0 radical (unpaired) electrons. The normalized spacial score (nSPS) is 15.3. The van der Waals surface area contributed by atoms with E-state index < -0.39 is 5.54 Å². The van der Waals surface area contributed by atoms with Crippen molar-refractivity contribution in [2.45, 2.75) is 38.6 Å². The van der Waals surface area contributed by atoms with Crippen molar-refractivity contribution in [2.24, 2.45) is 5.92 Å². The lowest BCUT2D eigenvalue weighted by Crippen LogP contribution is -2.38. The SMILES string of the molecule is Cc1c2c(n3ccccc13)C(=O)C(Cc1ncn(C(c3ccccc3)(c3ccccc3)c3ccccc3)c1C)CC2. The van der Waals surface area contributed by atoms with Crippen LogP contribution in [0, 0.1) is 19.8 Å². The van der Waals surface area contributed by atoms with E-state index in [-0.39, 0.29) is 11.7 Å². The molecular formula is C37H33N3O. The predicted molar refractivity (Wildman–Crippen MR) is 164 cm³/mol. The largest absolute Gasteiger partial charge is 0.316 e. The molecule has 0 amide bonds. The van der Waals surface area contributed by atoms with Crippen molar-refractivity contribution < 1.29 is 4.79 Å². The topological polar surface area (TPSA) is 39.3 Å². The number of Topliss-reactive ketones (excluding diaryl/α,β-unsaturated/α-hetero) is 1. The third-order valence-corrected chi connectivity index (χ3v) is 9.05. The number of hydrogen-bond donors (Lipinski definition) is 0. The predicted octanol–water partition coefficient (Wildman–Crippen LogP) is 7.58. The summed E-state index contributed by atoms with van der Waals surface area (Å²) in [4.78, 5) is 19.0. The molecule has 6 aromatic rings. The molecule has 0 fully saturated rings. The van der Waals surface area contributed by atoms with Gasteiger partial charge in [0, 0.05) is 29.7 Å². The molecule has 1 aliphatic carbocycles. The van der Waals surface area contributed by atoms with E-state index in [0.717, 1.165) is 52.1 Å². The molecule has 1 aliphatic rings. The molecule has 202 valence electrons. The van der Waals surface area contributed by atoms with Crippen LogP contribution in [0.15, 0.2) is 122 Å². The number of ketones is 1. The fourth-order valence-corrected chi connectivity index (χ4v) is 7.01. The lowest BCUT2D eigenvalue weighted by molar-refractivity contribution is 0.0894. The fraction of sp³-hybridized carbons (Fsp3) is 0.189. The molecule has 7 rings (SSSR count). The van der Waals surface area contributed by atoms with E-state index >= 15 is 0 Å². The number of fused-ring (bicyclic) bond motifs is 3. The van der Waals surface area contributed by atoms with Crippen LogP contribution in [0.25, 0.3) is 5.52 Å². The molecule has 1 unspecified atom stereocenters. The molecule has 0 saturated heterocycles. The maximum absolute atomic E-state index is 14.0. The summed E-state index contributed by atoms with van der Waals surface area (Å²) >= 11 is 0. The zero-order valence-corrected chi connectivity index (χ0v) is 23.5. The number of imidazole rings is 1. The van der Waals surface area contributed by atoms with Gasteiger partial charge in [-0.1, -0.05) is 97.1 Å². The minimum Gasteiger partial charge on any atom is -0.316 e. The van der Waals surface area contributed by atoms with Gasteiger partial charge in [0.2, 0.25) is 0 Å². The molecular weight excluding hydrogens is 502 g/mol. The van der Waals surface area contributed by atoms with E-state index in [2.05, 4.69) is 120 Å². The zero-order valence-electron chi connectivity index (χ0n) is 23.5. The van der Waals surface area contributed by atoms with Crippen LogP contribution in [0.1, 0.15) is 56.1 Å². The van der Waals surface area contributed by atoms with Gasteiger partial charge in [-0.15, -0.1) is 0 Å². The molecule has 0 saturated carbocycles. The van der Waals surface area contributed by atoms with Crippen molar-refractivity contribution in [3.8, 4) is 0 Å². The van der Waals surface area contributed by atoms with Crippen LogP contribution in [0.5, 0.6) is 0 Å². The van der Waals surface area contributed by atoms with E-state index in [0.29, 0.717) is 6.42 Å². The van der Waals surface area contributed by atoms with Gasteiger partial charge in [-0.05, 0) is 66.6 Å².